The minimum atomic E-state index is -0.574. The minimum Gasteiger partial charge on any atom is -0.236 e. The van der Waals surface area contributed by atoms with E-state index in [4.69, 9.17) is 9.78 Å². The summed E-state index contributed by atoms with van der Waals surface area (Å²) in [5.74, 6) is 0. The van der Waals surface area contributed by atoms with Gasteiger partial charge in [0.05, 0.1) is 6.61 Å². The predicted molar refractivity (Wildman–Crippen MR) is 142 cm³/mol. The fourth-order valence-electron chi connectivity index (χ4n) is 4.37. The summed E-state index contributed by atoms with van der Waals surface area (Å²) in [5, 5.41) is 5.55. The molecule has 1 fully saturated rings. The van der Waals surface area contributed by atoms with Gasteiger partial charge in [-0.3, -0.25) is 0 Å². The van der Waals surface area contributed by atoms with E-state index >= 15 is 0 Å². The zero-order chi connectivity index (χ0) is 22.3. The summed E-state index contributed by atoms with van der Waals surface area (Å²) in [5.41, 5.74) is -0.311. The van der Waals surface area contributed by atoms with Gasteiger partial charge in [0.15, 0.2) is 0 Å². The van der Waals surface area contributed by atoms with Gasteiger partial charge >= 0.3 is 0 Å². The van der Waals surface area contributed by atoms with Crippen molar-refractivity contribution in [3.63, 3.8) is 0 Å². The molecule has 33 heavy (non-hydrogen) atoms. The summed E-state index contributed by atoms with van der Waals surface area (Å²) in [6.45, 7) is 0.652. The molecule has 1 heterocycles. The molecule has 4 aromatic rings. The lowest BCUT2D eigenvalue weighted by atomic mass is 10.1. The molecule has 0 amide bonds. The molecule has 4 aromatic carbocycles. The molecule has 0 unspecified atom stereocenters. The summed E-state index contributed by atoms with van der Waals surface area (Å²) >= 11 is 0. The van der Waals surface area contributed by atoms with Crippen molar-refractivity contribution in [2.75, 3.05) is 18.9 Å². The second-order valence-electron chi connectivity index (χ2n) is 8.35. The summed E-state index contributed by atoms with van der Waals surface area (Å²) in [6, 6.07) is 43.7. The van der Waals surface area contributed by atoms with Crippen molar-refractivity contribution in [1.82, 2.24) is 0 Å². The third-order valence-electron chi connectivity index (χ3n) is 6.04. The van der Waals surface area contributed by atoms with Crippen molar-refractivity contribution in [3.8, 4) is 0 Å². The molecule has 0 saturated carbocycles. The highest BCUT2D eigenvalue weighted by molar-refractivity contribution is 7.74. The number of rotatable bonds is 8. The zero-order valence-electron chi connectivity index (χ0n) is 18.6. The quantitative estimate of drug-likeness (QED) is 0.256. The van der Waals surface area contributed by atoms with Gasteiger partial charge in [-0.2, -0.15) is 0 Å². The monoisotopic (exact) mass is 470 g/mol. The van der Waals surface area contributed by atoms with Crippen LogP contribution in [0.3, 0.4) is 0 Å². The van der Waals surface area contributed by atoms with Crippen LogP contribution in [-0.4, -0.2) is 24.5 Å². The molecule has 0 radical (unpaired) electrons. The minimum absolute atomic E-state index is 0.311. The van der Waals surface area contributed by atoms with Gasteiger partial charge in [0.2, 0.25) is 0 Å². The highest BCUT2D eigenvalue weighted by Crippen LogP contribution is 2.47. The highest BCUT2D eigenvalue weighted by Gasteiger charge is 2.42. The van der Waals surface area contributed by atoms with Crippen LogP contribution in [-0.2, 0) is 9.78 Å². The third-order valence-corrected chi connectivity index (χ3v) is 11.5. The first-order valence-corrected chi connectivity index (χ1v) is 14.4. The van der Waals surface area contributed by atoms with E-state index in [2.05, 4.69) is 121 Å². The maximum absolute atomic E-state index is 6.22. The van der Waals surface area contributed by atoms with Gasteiger partial charge in [-0.05, 0) is 37.1 Å². The van der Waals surface area contributed by atoms with Gasteiger partial charge in [0.1, 0.15) is 5.60 Å². The Morgan fingerprint density at radius 3 is 1.12 bits per heavy atom. The fourth-order valence-corrected chi connectivity index (χ4v) is 9.80. The number of hydrogen-bond donors (Lipinski definition) is 0. The standard InChI is InChI=1S/C29H28O2P2/c1-5-13-25(14-6-1)32(26-15-7-2-8-16-26)23-29(21-22-30-31-29)24-33(27-17-9-3-10-18-27)28-19-11-4-12-20-28/h1-20H,21-24H2. The molecule has 0 aliphatic carbocycles. The molecule has 5 rings (SSSR count). The Bertz CT molecular complexity index is 949. The predicted octanol–water partition coefficient (Wildman–Crippen LogP) is 5.34. The van der Waals surface area contributed by atoms with Gasteiger partial charge < -0.3 is 0 Å². The van der Waals surface area contributed by atoms with Crippen molar-refractivity contribution >= 4 is 37.1 Å². The average Bonchev–Trinajstić information content (AvgIpc) is 3.36. The highest BCUT2D eigenvalue weighted by atomic mass is 31.1. The number of hydrogen-bond acceptors (Lipinski definition) is 2. The first-order valence-electron chi connectivity index (χ1n) is 11.4. The van der Waals surface area contributed by atoms with Crippen LogP contribution >= 0.6 is 15.8 Å². The summed E-state index contributed by atoms with van der Waals surface area (Å²) < 4.78 is 0. The van der Waals surface area contributed by atoms with Gasteiger partial charge in [-0.1, -0.05) is 121 Å². The lowest BCUT2D eigenvalue weighted by Gasteiger charge is -2.34. The van der Waals surface area contributed by atoms with Gasteiger partial charge in [0, 0.05) is 18.7 Å². The van der Waals surface area contributed by atoms with E-state index < -0.39 is 15.8 Å². The molecule has 0 N–H and O–H groups in total. The van der Waals surface area contributed by atoms with Crippen LogP contribution in [0.25, 0.3) is 0 Å². The zero-order valence-corrected chi connectivity index (χ0v) is 20.4. The lowest BCUT2D eigenvalue weighted by molar-refractivity contribution is -0.297. The SMILES string of the molecule is c1ccc(P(CC2(CP(c3ccccc3)c3ccccc3)CCOO2)c2ccccc2)cc1. The molecule has 0 aromatic heterocycles. The molecule has 0 atom stereocenters. The molecule has 1 saturated heterocycles. The average molecular weight is 470 g/mol. The van der Waals surface area contributed by atoms with Crippen LogP contribution in [0.5, 0.6) is 0 Å². The van der Waals surface area contributed by atoms with Crippen LogP contribution in [0.15, 0.2) is 121 Å². The van der Waals surface area contributed by atoms with E-state index in [1.165, 1.54) is 21.2 Å². The summed E-state index contributed by atoms with van der Waals surface area (Å²) in [7, 11) is -1.15. The Hall–Kier alpha value is -2.34. The van der Waals surface area contributed by atoms with Crippen LogP contribution in [0, 0.1) is 0 Å². The van der Waals surface area contributed by atoms with E-state index in [0.29, 0.717) is 6.61 Å². The molecule has 1 aliphatic rings. The molecule has 166 valence electrons. The maximum Gasteiger partial charge on any atom is 0.115 e. The molecule has 2 nitrogen and oxygen atoms in total. The number of benzene rings is 4. The second kappa shape index (κ2) is 10.7. The lowest BCUT2D eigenvalue weighted by Crippen LogP contribution is -2.40. The Morgan fingerprint density at radius 1 is 0.515 bits per heavy atom. The first-order chi connectivity index (χ1) is 16.3. The van der Waals surface area contributed by atoms with E-state index in [1.807, 2.05) is 0 Å². The van der Waals surface area contributed by atoms with Crippen LogP contribution < -0.4 is 21.2 Å². The van der Waals surface area contributed by atoms with Crippen molar-refractivity contribution in [2.45, 2.75) is 12.0 Å². The van der Waals surface area contributed by atoms with Crippen molar-refractivity contribution in [3.05, 3.63) is 121 Å². The molecular weight excluding hydrogens is 442 g/mol. The molecule has 0 spiro atoms. The topological polar surface area (TPSA) is 18.5 Å². The Kier molecular flexibility index (Phi) is 7.30. The van der Waals surface area contributed by atoms with Crippen LogP contribution in [0.4, 0.5) is 0 Å². The van der Waals surface area contributed by atoms with E-state index in [9.17, 15) is 0 Å². The maximum atomic E-state index is 6.22. The fraction of sp³-hybridized carbons (Fsp3) is 0.172. The van der Waals surface area contributed by atoms with E-state index in [0.717, 1.165) is 18.7 Å². The van der Waals surface area contributed by atoms with Gasteiger partial charge in [-0.25, -0.2) is 9.78 Å². The largest absolute Gasteiger partial charge is 0.236 e. The Morgan fingerprint density at radius 2 is 0.848 bits per heavy atom. The molecular formula is C29H28O2P2. The van der Waals surface area contributed by atoms with Crippen molar-refractivity contribution in [1.29, 1.82) is 0 Å². The Balaban J connectivity index is 1.52. The Labute approximate surface area is 199 Å². The molecule has 4 heteroatoms. The van der Waals surface area contributed by atoms with Gasteiger partial charge in [-0.15, -0.1) is 0 Å². The van der Waals surface area contributed by atoms with E-state index in [-0.39, 0.29) is 5.60 Å². The smallest absolute Gasteiger partial charge is 0.115 e. The van der Waals surface area contributed by atoms with Crippen molar-refractivity contribution in [2.24, 2.45) is 0 Å². The van der Waals surface area contributed by atoms with Gasteiger partial charge in [0.25, 0.3) is 0 Å². The summed E-state index contributed by atoms with van der Waals surface area (Å²) in [6.07, 6.45) is 2.83. The van der Waals surface area contributed by atoms with E-state index in [1.54, 1.807) is 0 Å². The normalized spacial score (nSPS) is 15.2. The molecule has 1 aliphatic heterocycles. The molecule has 0 bridgehead atoms. The van der Waals surface area contributed by atoms with Crippen LogP contribution in [0.2, 0.25) is 0 Å². The van der Waals surface area contributed by atoms with Crippen molar-refractivity contribution < 1.29 is 9.78 Å². The van der Waals surface area contributed by atoms with Crippen LogP contribution in [0.1, 0.15) is 6.42 Å². The second-order valence-corrected chi connectivity index (χ2v) is 12.8. The first kappa shape index (κ1) is 22.5. The third kappa shape index (κ3) is 5.43. The summed E-state index contributed by atoms with van der Waals surface area (Å²) in [4.78, 5) is 11.8.